The summed E-state index contributed by atoms with van der Waals surface area (Å²) in [5, 5.41) is 26.6. The molecule has 0 bridgehead atoms. The van der Waals surface area contributed by atoms with E-state index in [9.17, 15) is 57.9 Å². The van der Waals surface area contributed by atoms with Crippen molar-refractivity contribution in [3.05, 3.63) is 73.4 Å². The Bertz CT molecular complexity index is 2530. The van der Waals surface area contributed by atoms with E-state index >= 15 is 0 Å². The van der Waals surface area contributed by atoms with Crippen LogP contribution in [0.2, 0.25) is 0 Å². The summed E-state index contributed by atoms with van der Waals surface area (Å²) >= 11 is 1.07. The number of anilines is 1. The maximum atomic E-state index is 12.8. The Labute approximate surface area is 493 Å². The van der Waals surface area contributed by atoms with Crippen LogP contribution in [0.5, 0.6) is 0 Å². The molecule has 1 aliphatic rings. The van der Waals surface area contributed by atoms with Crippen molar-refractivity contribution < 1.29 is 80.5 Å². The number of carbonyl (C=O) groups is 3. The zero-order valence-corrected chi connectivity index (χ0v) is 51.9. The summed E-state index contributed by atoms with van der Waals surface area (Å²) in [5.41, 5.74) is 4.29. The molecule has 3 heterocycles. The molecule has 1 fully saturated rings. The number of aromatic nitrogens is 4. The SMILES string of the molecule is CCCCC/C=C\C/C=C\C/C=C\C/C=C\CCCCCCCCCCCCCCC/C=C/C(=O)SCCNC(=O)CCNC(=O)[C@H](O)C(C)(C)COP(=O)(O)OP(=O)(O)OC[C@H]1O[C@@H](n2cnc3c(N)ncnc32)[C@H](O)[C@@H]1OP(=O)(O)O. The largest absolute Gasteiger partial charge is 0.481 e. The fraction of sp³-hybridized carbons (Fsp3) is 0.673. The molecule has 3 rings (SSSR count). The summed E-state index contributed by atoms with van der Waals surface area (Å²) in [5.74, 6) is -1.10. The van der Waals surface area contributed by atoms with Gasteiger partial charge in [0.2, 0.25) is 16.9 Å². The number of hydrogen-bond acceptors (Lipinski definition) is 18. The van der Waals surface area contributed by atoms with Crippen LogP contribution >= 0.6 is 35.2 Å². The number of amides is 2. The number of phosphoric ester groups is 3. The number of hydrogen-bond donors (Lipinski definition) is 9. The third kappa shape index (κ3) is 32.0. The van der Waals surface area contributed by atoms with Gasteiger partial charge in [0.15, 0.2) is 17.7 Å². The van der Waals surface area contributed by atoms with Crippen LogP contribution < -0.4 is 16.4 Å². The maximum Gasteiger partial charge on any atom is 0.481 e. The first-order valence-corrected chi connectivity index (χ1v) is 34.4. The maximum absolute atomic E-state index is 12.8. The van der Waals surface area contributed by atoms with E-state index in [0.717, 1.165) is 67.5 Å². The molecule has 1 aliphatic heterocycles. The van der Waals surface area contributed by atoms with Crippen molar-refractivity contribution in [1.29, 1.82) is 0 Å². The number of nitrogens with one attached hydrogen (secondary N) is 2. The molecule has 0 radical (unpaired) electrons. The third-order valence-electron chi connectivity index (χ3n) is 13.2. The lowest BCUT2D eigenvalue weighted by molar-refractivity contribution is -0.137. The summed E-state index contributed by atoms with van der Waals surface area (Å²) in [6, 6.07) is 0. The van der Waals surface area contributed by atoms with Crippen molar-refractivity contribution in [3.8, 4) is 0 Å². The van der Waals surface area contributed by atoms with E-state index in [1.54, 1.807) is 6.08 Å². The number of phosphoric acid groups is 3. The Morgan fingerprint density at radius 3 is 1.84 bits per heavy atom. The van der Waals surface area contributed by atoms with Crippen molar-refractivity contribution in [2.45, 2.75) is 199 Å². The van der Waals surface area contributed by atoms with Crippen LogP contribution in [0.3, 0.4) is 0 Å². The molecule has 2 unspecified atom stereocenters. The normalized spacial score (nSPS) is 19.0. The first-order chi connectivity index (χ1) is 39.6. The smallest absolute Gasteiger partial charge is 0.386 e. The van der Waals surface area contributed by atoms with Gasteiger partial charge in [0.1, 0.15) is 36.3 Å². The van der Waals surface area contributed by atoms with Gasteiger partial charge in [-0.25, -0.2) is 28.6 Å². The number of fused-ring (bicyclic) bond motifs is 1. The van der Waals surface area contributed by atoms with Crippen LogP contribution in [-0.4, -0.2) is 123 Å². The fourth-order valence-electron chi connectivity index (χ4n) is 8.54. The van der Waals surface area contributed by atoms with Crippen molar-refractivity contribution in [3.63, 3.8) is 0 Å². The Hall–Kier alpha value is -3.74. The number of nitrogens with two attached hydrogens (primary N) is 1. The lowest BCUT2D eigenvalue weighted by Crippen LogP contribution is -2.46. The molecule has 0 saturated carbocycles. The molecule has 470 valence electrons. The van der Waals surface area contributed by atoms with Gasteiger partial charge in [-0.3, -0.25) is 32.5 Å². The second-order valence-corrected chi connectivity index (χ2v) is 26.2. The van der Waals surface area contributed by atoms with Crippen molar-refractivity contribution in [1.82, 2.24) is 30.2 Å². The lowest BCUT2D eigenvalue weighted by atomic mass is 9.87. The first kappa shape index (κ1) is 73.5. The highest BCUT2D eigenvalue weighted by molar-refractivity contribution is 8.14. The fourth-order valence-corrected chi connectivity index (χ4v) is 12.0. The number of imidazole rings is 1. The molecule has 10 N–H and O–H groups in total. The highest BCUT2D eigenvalue weighted by Crippen LogP contribution is 2.61. The standard InChI is InChI=1S/C55H92N7O17P3S/c1-4-5-6-7-8-9-10-11-12-13-14-15-16-17-18-19-20-21-22-23-24-25-26-27-28-29-30-31-32-33-34-35-46(64)83-39-38-57-45(63)36-37-58-53(67)50(66)55(2,3)41-76-82(73,74)79-81(71,72)75-40-44-49(78-80(68,69)70)48(65)54(77-44)62-43-61-47-51(56)59-42-60-52(47)62/h8-9,11-12,14-15,17-18,34-35,42-44,48-50,54,65-66H,4-7,10,13,16,19-33,36-41H2,1-3H3,(H,57,63)(H,58,67)(H,71,72)(H,73,74)(H2,56,59,60)(H2,68,69,70)/b9-8-,12-11-,15-14-,18-17-,35-34+/t44-,48-,49-,50+,54-/m1/s1. The molecule has 1 saturated heterocycles. The second-order valence-electron chi connectivity index (χ2n) is 20.9. The number of rotatable bonds is 46. The van der Waals surface area contributed by atoms with Crippen molar-refractivity contribution in [2.75, 3.05) is 37.8 Å². The van der Waals surface area contributed by atoms with E-state index in [2.05, 4.69) is 90.0 Å². The molecule has 2 aromatic heterocycles. The minimum atomic E-state index is -5.59. The van der Waals surface area contributed by atoms with Gasteiger partial charge in [-0.15, -0.1) is 0 Å². The van der Waals surface area contributed by atoms with Gasteiger partial charge < -0.3 is 50.9 Å². The summed E-state index contributed by atoms with van der Waals surface area (Å²) in [6.07, 6.45) is 41.2. The van der Waals surface area contributed by atoms with Crippen LogP contribution in [-0.2, 0) is 50.7 Å². The van der Waals surface area contributed by atoms with E-state index in [1.807, 2.05) is 6.08 Å². The van der Waals surface area contributed by atoms with Crippen LogP contribution in [0.25, 0.3) is 11.2 Å². The molecule has 7 atom stereocenters. The average molecular weight is 1250 g/mol. The Balaban J connectivity index is 1.16. The zero-order valence-electron chi connectivity index (χ0n) is 48.4. The summed E-state index contributed by atoms with van der Waals surface area (Å²) in [7, 11) is -16.4. The number of aliphatic hydroxyl groups is 2. The van der Waals surface area contributed by atoms with Crippen LogP contribution in [0.4, 0.5) is 5.82 Å². The van der Waals surface area contributed by atoms with Crippen LogP contribution in [0, 0.1) is 5.41 Å². The highest BCUT2D eigenvalue weighted by atomic mass is 32.2. The molecule has 2 aromatic rings. The number of ether oxygens (including phenoxy) is 1. The summed E-state index contributed by atoms with van der Waals surface area (Å²) in [4.78, 5) is 88.7. The minimum Gasteiger partial charge on any atom is -0.386 e. The van der Waals surface area contributed by atoms with E-state index in [4.69, 9.17) is 19.5 Å². The van der Waals surface area contributed by atoms with Crippen LogP contribution in [0.15, 0.2) is 73.4 Å². The summed E-state index contributed by atoms with van der Waals surface area (Å²) < 4.78 is 62.6. The molecular formula is C55H92N7O17P3S. The van der Waals surface area contributed by atoms with Crippen molar-refractivity contribution in [2.24, 2.45) is 5.41 Å². The number of nitrogen functional groups attached to an aromatic ring is 1. The quantitative estimate of drug-likeness (QED) is 0.0129. The molecule has 0 aromatic carbocycles. The highest BCUT2D eigenvalue weighted by Gasteiger charge is 2.50. The van der Waals surface area contributed by atoms with Gasteiger partial charge in [0.05, 0.1) is 19.5 Å². The first-order valence-electron chi connectivity index (χ1n) is 28.9. The van der Waals surface area contributed by atoms with E-state index in [-0.39, 0.29) is 41.6 Å². The third-order valence-corrected chi connectivity index (χ3v) is 17.1. The Kier molecular flexibility index (Phi) is 36.0. The second kappa shape index (κ2) is 40.6. The predicted octanol–water partition coefficient (Wildman–Crippen LogP) is 10.0. The number of nitrogens with zero attached hydrogens (tertiary/aromatic N) is 4. The zero-order chi connectivity index (χ0) is 61.0. The monoisotopic (exact) mass is 1250 g/mol. The van der Waals surface area contributed by atoms with Crippen molar-refractivity contribution >= 4 is 69.1 Å². The molecule has 24 nitrogen and oxygen atoms in total. The predicted molar refractivity (Wildman–Crippen MR) is 320 cm³/mol. The number of thioether (sulfide) groups is 1. The van der Waals surface area contributed by atoms with E-state index in [0.29, 0.717) is 5.75 Å². The van der Waals surface area contributed by atoms with Gasteiger partial charge in [-0.05, 0) is 63.9 Å². The summed E-state index contributed by atoms with van der Waals surface area (Å²) in [6.45, 7) is 2.75. The van der Waals surface area contributed by atoms with Gasteiger partial charge >= 0.3 is 23.5 Å². The Morgan fingerprint density at radius 2 is 1.28 bits per heavy atom. The Morgan fingerprint density at radius 1 is 0.747 bits per heavy atom. The molecular weight excluding hydrogens is 1160 g/mol. The molecule has 28 heteroatoms. The van der Waals surface area contributed by atoms with Gasteiger partial charge in [0.25, 0.3) is 0 Å². The number of unbranched alkanes of at least 4 members (excludes halogenated alkanes) is 17. The van der Waals surface area contributed by atoms with Crippen LogP contribution in [0.1, 0.15) is 175 Å². The molecule has 2 amide bonds. The average Bonchev–Trinajstić information content (AvgIpc) is 2.22. The van der Waals surface area contributed by atoms with E-state index < -0.39 is 84.6 Å². The molecule has 0 spiro atoms. The molecule has 83 heavy (non-hydrogen) atoms. The number of carbonyl (C=O) groups excluding carboxylic acids is 3. The van der Waals surface area contributed by atoms with Gasteiger partial charge in [-0.2, -0.15) is 4.31 Å². The number of aliphatic hydroxyl groups excluding tert-OH is 2. The number of allylic oxidation sites excluding steroid dienone is 9. The topological polar surface area (TPSA) is 364 Å². The van der Waals surface area contributed by atoms with E-state index in [1.165, 1.54) is 117 Å². The van der Waals surface area contributed by atoms with Gasteiger partial charge in [0, 0.05) is 30.7 Å². The van der Waals surface area contributed by atoms with Gasteiger partial charge in [-0.1, -0.05) is 171 Å². The molecule has 0 aliphatic carbocycles. The minimum absolute atomic E-state index is 0.0319. The lowest BCUT2D eigenvalue weighted by Gasteiger charge is -2.30.